The standard InChI is InChI=1S/C19H19N3O6S3/c1-3-27-18(24)15-12-30-19(20-15)21-16(23)11-28-14-8-6-13(7-9-14)22(2)31(25,26)17-5-4-10-29-17/h4-10,12H,3,11H2,1-2H3,(H,20,21,23). The van der Waals surface area contributed by atoms with E-state index < -0.39 is 21.9 Å². The van der Waals surface area contributed by atoms with Gasteiger partial charge in [-0.25, -0.2) is 18.2 Å². The van der Waals surface area contributed by atoms with Gasteiger partial charge >= 0.3 is 5.97 Å². The Morgan fingerprint density at radius 3 is 2.55 bits per heavy atom. The third kappa shape index (κ3) is 5.60. The molecular formula is C19H19N3O6S3. The molecule has 0 aliphatic heterocycles. The van der Waals surface area contributed by atoms with Crippen LogP contribution in [0.4, 0.5) is 10.8 Å². The lowest BCUT2D eigenvalue weighted by Crippen LogP contribution is -2.25. The van der Waals surface area contributed by atoms with Gasteiger partial charge in [0.05, 0.1) is 12.3 Å². The van der Waals surface area contributed by atoms with Crippen LogP contribution in [0.1, 0.15) is 17.4 Å². The van der Waals surface area contributed by atoms with Gasteiger partial charge in [0, 0.05) is 12.4 Å². The van der Waals surface area contributed by atoms with Gasteiger partial charge in [0.2, 0.25) is 0 Å². The van der Waals surface area contributed by atoms with Crippen LogP contribution in [-0.4, -0.2) is 45.5 Å². The summed E-state index contributed by atoms with van der Waals surface area (Å²) in [6.45, 7) is 1.65. The summed E-state index contributed by atoms with van der Waals surface area (Å²) in [6, 6.07) is 9.55. The van der Waals surface area contributed by atoms with E-state index in [1.54, 1.807) is 48.7 Å². The first-order valence-electron chi connectivity index (χ1n) is 8.99. The highest BCUT2D eigenvalue weighted by Crippen LogP contribution is 2.26. The number of nitrogens with zero attached hydrogens (tertiary/aromatic N) is 2. The van der Waals surface area contributed by atoms with Crippen molar-refractivity contribution in [2.75, 3.05) is 29.9 Å². The monoisotopic (exact) mass is 481 g/mol. The second-order valence-electron chi connectivity index (χ2n) is 5.99. The summed E-state index contributed by atoms with van der Waals surface area (Å²) in [4.78, 5) is 27.7. The van der Waals surface area contributed by atoms with E-state index in [2.05, 4.69) is 10.3 Å². The van der Waals surface area contributed by atoms with E-state index in [1.807, 2.05) is 0 Å². The molecule has 31 heavy (non-hydrogen) atoms. The fourth-order valence-electron chi connectivity index (χ4n) is 2.37. The molecular weight excluding hydrogens is 462 g/mol. The van der Waals surface area contributed by atoms with Gasteiger partial charge < -0.3 is 9.47 Å². The summed E-state index contributed by atoms with van der Waals surface area (Å²) in [7, 11) is -2.15. The number of rotatable bonds is 9. The van der Waals surface area contributed by atoms with Gasteiger partial charge in [-0.05, 0) is 42.6 Å². The van der Waals surface area contributed by atoms with Crippen LogP contribution in [-0.2, 0) is 19.6 Å². The number of hydrogen-bond acceptors (Lipinski definition) is 9. The number of carbonyl (C=O) groups is 2. The number of ether oxygens (including phenoxy) is 2. The molecule has 2 aromatic heterocycles. The molecule has 0 fully saturated rings. The molecule has 3 aromatic rings. The van der Waals surface area contributed by atoms with E-state index in [0.717, 1.165) is 22.7 Å². The van der Waals surface area contributed by atoms with E-state index in [9.17, 15) is 18.0 Å². The molecule has 0 unspecified atom stereocenters. The average molecular weight is 482 g/mol. The average Bonchev–Trinajstić information content (AvgIpc) is 3.45. The summed E-state index contributed by atoms with van der Waals surface area (Å²) in [5.41, 5.74) is 0.583. The Hall–Kier alpha value is -2.96. The lowest BCUT2D eigenvalue weighted by molar-refractivity contribution is -0.118. The number of anilines is 2. The van der Waals surface area contributed by atoms with Crippen LogP contribution in [0.15, 0.2) is 51.4 Å². The van der Waals surface area contributed by atoms with Gasteiger partial charge in [-0.15, -0.1) is 22.7 Å². The fourth-order valence-corrected chi connectivity index (χ4v) is 5.42. The van der Waals surface area contributed by atoms with E-state index in [0.29, 0.717) is 11.4 Å². The highest BCUT2D eigenvalue weighted by atomic mass is 32.2. The van der Waals surface area contributed by atoms with Gasteiger partial charge in [0.15, 0.2) is 17.4 Å². The van der Waals surface area contributed by atoms with Gasteiger partial charge in [0.1, 0.15) is 9.96 Å². The fraction of sp³-hybridized carbons (Fsp3) is 0.211. The maximum absolute atomic E-state index is 12.6. The Morgan fingerprint density at radius 2 is 1.90 bits per heavy atom. The normalized spacial score (nSPS) is 11.0. The lowest BCUT2D eigenvalue weighted by Gasteiger charge is -2.18. The molecule has 0 saturated carbocycles. The molecule has 0 saturated heterocycles. The van der Waals surface area contributed by atoms with Crippen LogP contribution >= 0.6 is 22.7 Å². The number of amides is 1. The second-order valence-corrected chi connectivity index (χ2v) is 10.00. The second kappa shape index (κ2) is 9.90. The Morgan fingerprint density at radius 1 is 1.16 bits per heavy atom. The quantitative estimate of drug-likeness (QED) is 0.467. The number of esters is 1. The Balaban J connectivity index is 1.54. The number of aromatic nitrogens is 1. The van der Waals surface area contributed by atoms with Crippen LogP contribution < -0.4 is 14.4 Å². The van der Waals surface area contributed by atoms with Crippen molar-refractivity contribution in [1.29, 1.82) is 0 Å². The molecule has 164 valence electrons. The highest BCUT2D eigenvalue weighted by Gasteiger charge is 2.22. The molecule has 0 aliphatic rings. The van der Waals surface area contributed by atoms with E-state index in [4.69, 9.17) is 9.47 Å². The first-order chi connectivity index (χ1) is 14.8. The third-order valence-corrected chi connectivity index (χ3v) is 7.83. The van der Waals surface area contributed by atoms with E-state index >= 15 is 0 Å². The van der Waals surface area contributed by atoms with Crippen molar-refractivity contribution in [1.82, 2.24) is 4.98 Å². The van der Waals surface area contributed by atoms with Gasteiger partial charge in [0.25, 0.3) is 15.9 Å². The van der Waals surface area contributed by atoms with Crippen molar-refractivity contribution < 1.29 is 27.5 Å². The minimum atomic E-state index is -3.62. The van der Waals surface area contributed by atoms with Crippen LogP contribution in [0.3, 0.4) is 0 Å². The zero-order valence-corrected chi connectivity index (χ0v) is 19.1. The molecule has 3 rings (SSSR count). The number of benzene rings is 1. The minimum absolute atomic E-state index is 0.125. The number of carbonyl (C=O) groups excluding carboxylic acids is 2. The van der Waals surface area contributed by atoms with Crippen molar-refractivity contribution in [2.45, 2.75) is 11.1 Å². The third-order valence-electron chi connectivity index (χ3n) is 3.92. The van der Waals surface area contributed by atoms with Gasteiger partial charge in [-0.3, -0.25) is 14.4 Å². The molecule has 2 heterocycles. The van der Waals surface area contributed by atoms with Crippen molar-refractivity contribution in [3.8, 4) is 5.75 Å². The number of hydrogen-bond donors (Lipinski definition) is 1. The van der Waals surface area contributed by atoms with Gasteiger partial charge in [-0.1, -0.05) is 6.07 Å². The largest absolute Gasteiger partial charge is 0.484 e. The summed E-state index contributed by atoms with van der Waals surface area (Å²) < 4.78 is 36.8. The maximum Gasteiger partial charge on any atom is 0.357 e. The van der Waals surface area contributed by atoms with Gasteiger partial charge in [-0.2, -0.15) is 0 Å². The Bertz CT molecular complexity index is 1140. The lowest BCUT2D eigenvalue weighted by atomic mass is 10.3. The van der Waals surface area contributed by atoms with E-state index in [-0.39, 0.29) is 28.2 Å². The predicted octanol–water partition coefficient (Wildman–Crippen LogP) is 3.22. The molecule has 1 N–H and O–H groups in total. The molecule has 0 spiro atoms. The molecule has 9 nitrogen and oxygen atoms in total. The first kappa shape index (κ1) is 22.7. The number of thiophene rings is 1. The molecule has 1 aromatic carbocycles. The SMILES string of the molecule is CCOC(=O)c1csc(NC(=O)COc2ccc(N(C)S(=O)(=O)c3cccs3)cc2)n1. The topological polar surface area (TPSA) is 115 Å². The summed E-state index contributed by atoms with van der Waals surface area (Å²) in [5.74, 6) is -0.611. The molecule has 1 amide bonds. The Labute approximate surface area is 187 Å². The van der Waals surface area contributed by atoms with Crippen LogP contribution in [0.25, 0.3) is 0 Å². The maximum atomic E-state index is 12.6. The van der Waals surface area contributed by atoms with Crippen LogP contribution in [0, 0.1) is 0 Å². The summed E-state index contributed by atoms with van der Waals surface area (Å²) in [5, 5.41) is 6.00. The summed E-state index contributed by atoms with van der Waals surface area (Å²) in [6.07, 6.45) is 0. The minimum Gasteiger partial charge on any atom is -0.484 e. The first-order valence-corrected chi connectivity index (χ1v) is 12.2. The number of nitrogens with one attached hydrogen (secondary N) is 1. The molecule has 0 atom stereocenters. The number of thiazole rings is 1. The zero-order chi connectivity index (χ0) is 22.4. The Kier molecular flexibility index (Phi) is 7.25. The van der Waals surface area contributed by atoms with Crippen molar-refractivity contribution >= 4 is 55.4 Å². The highest BCUT2D eigenvalue weighted by molar-refractivity contribution is 7.94. The molecule has 0 aliphatic carbocycles. The van der Waals surface area contributed by atoms with Crippen LogP contribution in [0.2, 0.25) is 0 Å². The summed E-state index contributed by atoms with van der Waals surface area (Å²) >= 11 is 2.24. The molecule has 0 bridgehead atoms. The van der Waals surface area contributed by atoms with E-state index in [1.165, 1.54) is 16.7 Å². The molecule has 0 radical (unpaired) electrons. The van der Waals surface area contributed by atoms with Crippen LogP contribution in [0.5, 0.6) is 5.75 Å². The van der Waals surface area contributed by atoms with Crippen molar-refractivity contribution in [2.24, 2.45) is 0 Å². The van der Waals surface area contributed by atoms with Crippen molar-refractivity contribution in [3.05, 3.63) is 52.9 Å². The predicted molar refractivity (Wildman–Crippen MR) is 119 cm³/mol. The number of sulfonamides is 1. The smallest absolute Gasteiger partial charge is 0.357 e. The van der Waals surface area contributed by atoms with Crippen molar-refractivity contribution in [3.63, 3.8) is 0 Å². The molecule has 12 heteroatoms. The zero-order valence-electron chi connectivity index (χ0n) is 16.6.